The number of nitrogen functional groups attached to an aromatic ring is 2. The molecule has 6 heteroatoms. The molecule has 2 rings (SSSR count). The SMILES string of the molecule is C=CCc1nc2nc(N)nc(N)c2[nH]1. The summed E-state index contributed by atoms with van der Waals surface area (Å²) < 4.78 is 0. The fourth-order valence-electron chi connectivity index (χ4n) is 1.22. The highest BCUT2D eigenvalue weighted by molar-refractivity contribution is 5.82. The van der Waals surface area contributed by atoms with Crippen molar-refractivity contribution in [2.75, 3.05) is 11.5 Å². The van der Waals surface area contributed by atoms with E-state index in [0.29, 0.717) is 23.4 Å². The summed E-state index contributed by atoms with van der Waals surface area (Å²) >= 11 is 0. The number of allylic oxidation sites excluding steroid dienone is 1. The molecule has 2 aromatic rings. The summed E-state index contributed by atoms with van der Waals surface area (Å²) in [5.41, 5.74) is 12.2. The zero-order valence-electron chi connectivity index (χ0n) is 7.49. The van der Waals surface area contributed by atoms with Crippen molar-refractivity contribution in [3.8, 4) is 0 Å². The molecule has 0 radical (unpaired) electrons. The second-order valence-electron chi connectivity index (χ2n) is 2.84. The minimum absolute atomic E-state index is 0.131. The minimum Gasteiger partial charge on any atom is -0.382 e. The average Bonchev–Trinajstić information content (AvgIpc) is 2.48. The number of nitrogens with one attached hydrogen (secondary N) is 1. The zero-order valence-corrected chi connectivity index (χ0v) is 7.49. The number of aromatic amines is 1. The molecule has 0 aliphatic heterocycles. The van der Waals surface area contributed by atoms with E-state index >= 15 is 0 Å². The van der Waals surface area contributed by atoms with Crippen LogP contribution < -0.4 is 11.5 Å². The molecule has 0 aliphatic carbocycles. The number of aromatic nitrogens is 4. The normalized spacial score (nSPS) is 10.6. The summed E-state index contributed by atoms with van der Waals surface area (Å²) in [5, 5.41) is 0. The molecular formula is C8H10N6. The number of hydrogen-bond donors (Lipinski definition) is 3. The summed E-state index contributed by atoms with van der Waals surface area (Å²) in [4.78, 5) is 15.0. The summed E-state index contributed by atoms with van der Waals surface area (Å²) in [6.45, 7) is 3.61. The molecule has 0 amide bonds. The Morgan fingerprint density at radius 3 is 2.79 bits per heavy atom. The van der Waals surface area contributed by atoms with Crippen LogP contribution in [0.25, 0.3) is 11.2 Å². The molecule has 0 aliphatic rings. The summed E-state index contributed by atoms with van der Waals surface area (Å²) in [6.07, 6.45) is 2.38. The lowest BCUT2D eigenvalue weighted by atomic mass is 10.4. The van der Waals surface area contributed by atoms with Gasteiger partial charge >= 0.3 is 0 Å². The van der Waals surface area contributed by atoms with Gasteiger partial charge in [0.1, 0.15) is 11.3 Å². The number of nitrogens with zero attached hydrogens (tertiary/aromatic N) is 3. The Morgan fingerprint density at radius 2 is 2.07 bits per heavy atom. The molecule has 5 N–H and O–H groups in total. The monoisotopic (exact) mass is 190 g/mol. The molecule has 0 saturated heterocycles. The molecule has 72 valence electrons. The molecule has 2 heterocycles. The molecule has 0 saturated carbocycles. The summed E-state index contributed by atoms with van der Waals surface area (Å²) in [5.74, 6) is 1.20. The summed E-state index contributed by atoms with van der Waals surface area (Å²) in [7, 11) is 0. The van der Waals surface area contributed by atoms with Crippen molar-refractivity contribution in [1.29, 1.82) is 0 Å². The van der Waals surface area contributed by atoms with Crippen molar-refractivity contribution in [2.24, 2.45) is 0 Å². The number of imidazole rings is 1. The number of rotatable bonds is 2. The van der Waals surface area contributed by atoms with Gasteiger partial charge in [0.2, 0.25) is 5.95 Å². The smallest absolute Gasteiger partial charge is 0.224 e. The van der Waals surface area contributed by atoms with Crippen LogP contribution in [0.3, 0.4) is 0 Å². The van der Waals surface area contributed by atoms with Crippen molar-refractivity contribution < 1.29 is 0 Å². The Kier molecular flexibility index (Phi) is 1.81. The van der Waals surface area contributed by atoms with Gasteiger partial charge in [-0.3, -0.25) is 0 Å². The van der Waals surface area contributed by atoms with Gasteiger partial charge in [0, 0.05) is 6.42 Å². The number of H-pyrrole nitrogens is 1. The van der Waals surface area contributed by atoms with E-state index < -0.39 is 0 Å². The van der Waals surface area contributed by atoms with Crippen LogP contribution in [0, 0.1) is 0 Å². The molecule has 0 unspecified atom stereocenters. The highest BCUT2D eigenvalue weighted by atomic mass is 15.1. The molecule has 2 aromatic heterocycles. The first-order chi connectivity index (χ1) is 6.70. The van der Waals surface area contributed by atoms with Crippen LogP contribution in [0.4, 0.5) is 11.8 Å². The highest BCUT2D eigenvalue weighted by Gasteiger charge is 2.07. The number of fused-ring (bicyclic) bond motifs is 1. The van der Waals surface area contributed by atoms with E-state index in [-0.39, 0.29) is 5.95 Å². The second kappa shape index (κ2) is 2.99. The maximum Gasteiger partial charge on any atom is 0.224 e. The van der Waals surface area contributed by atoms with Crippen molar-refractivity contribution in [2.45, 2.75) is 6.42 Å². The van der Waals surface area contributed by atoms with Gasteiger partial charge in [-0.25, -0.2) is 4.98 Å². The largest absolute Gasteiger partial charge is 0.382 e. The minimum atomic E-state index is 0.131. The molecule has 0 bridgehead atoms. The highest BCUT2D eigenvalue weighted by Crippen LogP contribution is 2.15. The fraction of sp³-hybridized carbons (Fsp3) is 0.125. The predicted octanol–water partition coefficient (Wildman–Crippen LogP) is 0.246. The molecule has 0 fully saturated rings. The maximum atomic E-state index is 5.64. The lowest BCUT2D eigenvalue weighted by Crippen LogP contribution is -1.99. The van der Waals surface area contributed by atoms with Crippen LogP contribution in [0.5, 0.6) is 0 Å². The Labute approximate surface area is 80.1 Å². The number of nitrogens with two attached hydrogens (primary N) is 2. The predicted molar refractivity (Wildman–Crippen MR) is 54.4 cm³/mol. The van der Waals surface area contributed by atoms with Crippen LogP contribution in [-0.2, 0) is 6.42 Å². The average molecular weight is 190 g/mol. The standard InChI is InChI=1S/C8H10N6/c1-2-3-4-11-5-6(9)13-8(10)14-7(5)12-4/h2H,1,3H2,(H5,9,10,11,12,13,14). The molecule has 0 aromatic carbocycles. The number of hydrogen-bond acceptors (Lipinski definition) is 5. The topological polar surface area (TPSA) is 106 Å². The van der Waals surface area contributed by atoms with Gasteiger partial charge < -0.3 is 16.5 Å². The van der Waals surface area contributed by atoms with Gasteiger partial charge in [-0.1, -0.05) is 6.08 Å². The third kappa shape index (κ3) is 1.26. The molecule has 0 spiro atoms. The van der Waals surface area contributed by atoms with Gasteiger partial charge in [-0.2, -0.15) is 9.97 Å². The lowest BCUT2D eigenvalue weighted by molar-refractivity contribution is 1.07. The first-order valence-electron chi connectivity index (χ1n) is 4.09. The first kappa shape index (κ1) is 8.49. The van der Waals surface area contributed by atoms with Crippen LogP contribution in [0.2, 0.25) is 0 Å². The van der Waals surface area contributed by atoms with E-state index in [9.17, 15) is 0 Å². The number of anilines is 2. The molecule has 14 heavy (non-hydrogen) atoms. The van der Waals surface area contributed by atoms with Crippen LogP contribution in [-0.4, -0.2) is 19.9 Å². The van der Waals surface area contributed by atoms with Gasteiger partial charge in [0.05, 0.1) is 0 Å². The van der Waals surface area contributed by atoms with Gasteiger partial charge in [0.15, 0.2) is 11.5 Å². The lowest BCUT2D eigenvalue weighted by Gasteiger charge is -1.94. The van der Waals surface area contributed by atoms with Crippen molar-refractivity contribution in [3.05, 3.63) is 18.5 Å². The Morgan fingerprint density at radius 1 is 1.29 bits per heavy atom. The van der Waals surface area contributed by atoms with Crippen molar-refractivity contribution >= 4 is 22.9 Å². The Bertz CT molecular complexity index is 486. The third-order valence-electron chi connectivity index (χ3n) is 1.78. The molecular weight excluding hydrogens is 180 g/mol. The van der Waals surface area contributed by atoms with Crippen LogP contribution in [0.15, 0.2) is 12.7 Å². The van der Waals surface area contributed by atoms with Crippen LogP contribution in [0.1, 0.15) is 5.82 Å². The van der Waals surface area contributed by atoms with E-state index in [1.54, 1.807) is 6.08 Å². The van der Waals surface area contributed by atoms with Gasteiger partial charge in [0.25, 0.3) is 0 Å². The maximum absolute atomic E-state index is 5.64. The van der Waals surface area contributed by atoms with Crippen LogP contribution >= 0.6 is 0 Å². The van der Waals surface area contributed by atoms with E-state index in [2.05, 4.69) is 26.5 Å². The van der Waals surface area contributed by atoms with Gasteiger partial charge in [-0.15, -0.1) is 6.58 Å². The summed E-state index contributed by atoms with van der Waals surface area (Å²) in [6, 6.07) is 0. The van der Waals surface area contributed by atoms with E-state index in [1.807, 2.05) is 0 Å². The van der Waals surface area contributed by atoms with E-state index in [1.165, 1.54) is 0 Å². The molecule has 6 nitrogen and oxygen atoms in total. The Balaban J connectivity index is 2.64. The fourth-order valence-corrected chi connectivity index (χ4v) is 1.22. The zero-order chi connectivity index (χ0) is 10.1. The third-order valence-corrected chi connectivity index (χ3v) is 1.78. The van der Waals surface area contributed by atoms with E-state index in [0.717, 1.165) is 5.82 Å². The van der Waals surface area contributed by atoms with Crippen molar-refractivity contribution in [3.63, 3.8) is 0 Å². The first-order valence-corrected chi connectivity index (χ1v) is 4.09. The van der Waals surface area contributed by atoms with E-state index in [4.69, 9.17) is 11.5 Å². The van der Waals surface area contributed by atoms with Gasteiger partial charge in [-0.05, 0) is 0 Å². The Hall–Kier alpha value is -2.11. The second-order valence-corrected chi connectivity index (χ2v) is 2.84. The van der Waals surface area contributed by atoms with Crippen molar-refractivity contribution in [1.82, 2.24) is 19.9 Å². The molecule has 0 atom stereocenters. The quantitative estimate of drug-likeness (QED) is 0.588.